The van der Waals surface area contributed by atoms with Crippen molar-refractivity contribution in [1.82, 2.24) is 10.3 Å². The Morgan fingerprint density at radius 3 is 2.80 bits per heavy atom. The van der Waals surface area contributed by atoms with Gasteiger partial charge in [-0.3, -0.25) is 9.32 Å². The highest BCUT2D eigenvalue weighted by Crippen LogP contribution is 2.41. The number of hydrogen-bond donors (Lipinski definition) is 4. The molecule has 1 aromatic carbocycles. The summed E-state index contributed by atoms with van der Waals surface area (Å²) in [5.74, 6) is -0.512. The van der Waals surface area contributed by atoms with Gasteiger partial charge in [-0.15, -0.1) is 11.3 Å². The van der Waals surface area contributed by atoms with E-state index in [0.717, 1.165) is 16.9 Å². The zero-order chi connectivity index (χ0) is 21.6. The van der Waals surface area contributed by atoms with E-state index in [-0.39, 0.29) is 33.2 Å². The summed E-state index contributed by atoms with van der Waals surface area (Å²) < 4.78 is 6.12. The molecule has 0 aliphatic rings. The Kier molecular flexibility index (Phi) is 4.48. The lowest BCUT2D eigenvalue weighted by Crippen LogP contribution is -2.34. The van der Waals surface area contributed by atoms with Crippen molar-refractivity contribution in [2.24, 2.45) is 7.05 Å². The van der Waals surface area contributed by atoms with Crippen molar-refractivity contribution in [3.63, 3.8) is 0 Å². The molecule has 0 radical (unpaired) electrons. The smallest absolute Gasteiger partial charge is 0.397 e. The maximum atomic E-state index is 12.9. The lowest BCUT2D eigenvalue weighted by Gasteiger charge is -2.06. The van der Waals surface area contributed by atoms with E-state index in [2.05, 4.69) is 15.6 Å². The number of fused-ring (bicyclic) bond motifs is 1. The zero-order valence-electron chi connectivity index (χ0n) is 15.9. The molecule has 0 saturated carbocycles. The first-order valence-corrected chi connectivity index (χ1v) is 9.51. The van der Waals surface area contributed by atoms with Gasteiger partial charge in [0.05, 0.1) is 16.6 Å². The van der Waals surface area contributed by atoms with E-state index in [1.807, 2.05) is 31.2 Å². The second-order valence-corrected chi connectivity index (χ2v) is 7.59. The first-order valence-electron chi connectivity index (χ1n) is 8.69. The number of anilines is 3. The fourth-order valence-corrected chi connectivity index (χ4v) is 4.22. The van der Waals surface area contributed by atoms with Crippen molar-refractivity contribution < 1.29 is 14.0 Å². The Morgan fingerprint density at radius 1 is 1.40 bits per heavy atom. The predicted octanol–water partition coefficient (Wildman–Crippen LogP) is 1.67. The third-order valence-electron chi connectivity index (χ3n) is 4.54. The maximum Gasteiger partial charge on any atom is 0.435 e. The Morgan fingerprint density at radius 2 is 2.17 bits per heavy atom. The number of nitrogen functional groups attached to an aromatic ring is 2. The van der Waals surface area contributed by atoms with Gasteiger partial charge in [0.1, 0.15) is 27.2 Å². The Balaban J connectivity index is 1.95. The van der Waals surface area contributed by atoms with Gasteiger partial charge >= 0.3 is 11.3 Å². The molecular weight excluding hydrogens is 406 g/mol. The normalized spacial score (nSPS) is 10.8. The molecule has 4 aromatic rings. The molecule has 3 aromatic heterocycles. The number of carbonyl (C=O) groups is 1. The van der Waals surface area contributed by atoms with Crippen LogP contribution < -0.4 is 27.1 Å². The van der Waals surface area contributed by atoms with Crippen LogP contribution in [-0.2, 0) is 7.05 Å². The molecule has 11 heteroatoms. The largest absolute Gasteiger partial charge is 0.435 e. The number of nitriles is 1. The number of aromatic nitrogens is 3. The van der Waals surface area contributed by atoms with Gasteiger partial charge < -0.3 is 16.8 Å². The van der Waals surface area contributed by atoms with Gasteiger partial charge in [-0.2, -0.15) is 5.26 Å². The lowest BCUT2D eigenvalue weighted by molar-refractivity contribution is -0.730. The second kappa shape index (κ2) is 7.02. The molecule has 0 saturated heterocycles. The van der Waals surface area contributed by atoms with Gasteiger partial charge in [0, 0.05) is 5.69 Å². The number of hydrogen-bond acceptors (Lipinski definition) is 8. The van der Waals surface area contributed by atoms with Crippen LogP contribution in [0.3, 0.4) is 0 Å². The number of benzene rings is 1. The van der Waals surface area contributed by atoms with Crippen molar-refractivity contribution in [1.29, 1.82) is 5.26 Å². The molecule has 0 atom stereocenters. The molecule has 3 heterocycles. The number of rotatable bonds is 3. The summed E-state index contributed by atoms with van der Waals surface area (Å²) in [5, 5.41) is 15.1. The number of carbonyl (C=O) groups excluding carboxylic acids is 1. The number of thiophene rings is 1. The second-order valence-electron chi connectivity index (χ2n) is 6.60. The average Bonchev–Trinajstić information content (AvgIpc) is 3.20. The van der Waals surface area contributed by atoms with E-state index in [4.69, 9.17) is 16.0 Å². The topological polar surface area (TPSA) is 168 Å². The summed E-state index contributed by atoms with van der Waals surface area (Å²) in [6.07, 6.45) is 0. The molecule has 30 heavy (non-hydrogen) atoms. The first-order chi connectivity index (χ1) is 14.3. The van der Waals surface area contributed by atoms with E-state index in [1.54, 1.807) is 6.07 Å². The number of pyridine rings is 1. The van der Waals surface area contributed by atoms with Gasteiger partial charge in [-0.05, 0) is 29.9 Å². The van der Waals surface area contributed by atoms with Crippen molar-refractivity contribution in [2.75, 3.05) is 16.8 Å². The fraction of sp³-hybridized carbons (Fsp3) is 0.105. The van der Waals surface area contributed by atoms with Crippen LogP contribution in [0.4, 0.5) is 17.2 Å². The summed E-state index contributed by atoms with van der Waals surface area (Å²) >= 11 is 1.02. The summed E-state index contributed by atoms with van der Waals surface area (Å²) in [6.45, 7) is 1.91. The number of aryl methyl sites for hydroxylation is 2. The van der Waals surface area contributed by atoms with E-state index < -0.39 is 11.5 Å². The Bertz CT molecular complexity index is 1420. The van der Waals surface area contributed by atoms with Crippen LogP contribution in [0.5, 0.6) is 0 Å². The van der Waals surface area contributed by atoms with E-state index in [9.17, 15) is 14.9 Å². The van der Waals surface area contributed by atoms with Crippen LogP contribution in [0.1, 0.15) is 20.8 Å². The molecule has 150 valence electrons. The summed E-state index contributed by atoms with van der Waals surface area (Å²) in [6, 6.07) is 9.28. The molecule has 0 bridgehead atoms. The molecule has 0 unspecified atom stereocenters. The number of nitrogens with two attached hydrogens (primary N) is 2. The summed E-state index contributed by atoms with van der Waals surface area (Å²) in [7, 11) is 1.54. The summed E-state index contributed by atoms with van der Waals surface area (Å²) in [5.41, 5.74) is 13.4. The van der Waals surface area contributed by atoms with Crippen LogP contribution in [0.25, 0.3) is 21.5 Å². The van der Waals surface area contributed by atoms with Gasteiger partial charge in [0.25, 0.3) is 5.91 Å². The standard InChI is InChI=1S/C19H15N7O3S/c1-8-4-3-5-9(6-8)23-17(27)15-13(21)12-11(14-19(28)29-25-26(14)2)10(7-20)16(22)24-18(12)30-15/h3-6H,1-2H3,(H5-,21,22,23,24,25,27,28)/p+1. The number of nitrogens with zero attached hydrogens (tertiary/aromatic N) is 3. The number of H-pyrrole nitrogens is 1. The highest BCUT2D eigenvalue weighted by Gasteiger charge is 2.32. The molecule has 4 rings (SSSR count). The zero-order valence-corrected chi connectivity index (χ0v) is 16.8. The third kappa shape index (κ3) is 2.96. The SMILES string of the molecule is Cc1cccc(NC(=O)c2sc3nc(N)c(C#N)c(-c4c(=O)o[nH][n+]4C)c3c2N)c1. The molecule has 0 aliphatic carbocycles. The van der Waals surface area contributed by atoms with E-state index >= 15 is 0 Å². The minimum atomic E-state index is -0.711. The monoisotopic (exact) mass is 422 g/mol. The van der Waals surface area contributed by atoms with Crippen LogP contribution >= 0.6 is 11.3 Å². The van der Waals surface area contributed by atoms with Gasteiger partial charge in [0.2, 0.25) is 0 Å². The van der Waals surface area contributed by atoms with Crippen molar-refractivity contribution in [3.05, 3.63) is 50.7 Å². The number of nitrogens with one attached hydrogen (secondary N) is 2. The molecule has 1 amide bonds. The van der Waals surface area contributed by atoms with Crippen LogP contribution in [-0.4, -0.2) is 16.2 Å². The lowest BCUT2D eigenvalue weighted by atomic mass is 10.0. The molecule has 10 nitrogen and oxygen atoms in total. The minimum absolute atomic E-state index is 0.0276. The average molecular weight is 422 g/mol. The van der Waals surface area contributed by atoms with Gasteiger partial charge in [-0.1, -0.05) is 16.8 Å². The third-order valence-corrected chi connectivity index (χ3v) is 5.64. The molecule has 0 aliphatic heterocycles. The highest BCUT2D eigenvalue weighted by molar-refractivity contribution is 7.21. The molecule has 0 spiro atoms. The Labute approximate surface area is 173 Å². The molecular formula is C19H16N7O3S+. The van der Waals surface area contributed by atoms with E-state index in [1.165, 1.54) is 11.7 Å². The van der Waals surface area contributed by atoms with Crippen LogP contribution in [0.15, 0.2) is 33.6 Å². The number of amides is 1. The maximum absolute atomic E-state index is 12.9. The predicted molar refractivity (Wildman–Crippen MR) is 112 cm³/mol. The Hall–Kier alpha value is -4.17. The highest BCUT2D eigenvalue weighted by atomic mass is 32.1. The number of aromatic amines is 1. The molecule has 0 fully saturated rings. The van der Waals surface area contributed by atoms with Crippen LogP contribution in [0, 0.1) is 18.3 Å². The first kappa shape index (κ1) is 19.2. The minimum Gasteiger partial charge on any atom is -0.397 e. The van der Waals surface area contributed by atoms with Crippen LogP contribution in [0.2, 0.25) is 0 Å². The summed E-state index contributed by atoms with van der Waals surface area (Å²) in [4.78, 5) is 29.9. The fourth-order valence-electron chi connectivity index (χ4n) is 3.21. The van der Waals surface area contributed by atoms with Crippen molar-refractivity contribution in [3.8, 4) is 17.3 Å². The van der Waals surface area contributed by atoms with Crippen molar-refractivity contribution in [2.45, 2.75) is 6.92 Å². The quantitative estimate of drug-likeness (QED) is 0.364. The van der Waals surface area contributed by atoms with Crippen molar-refractivity contribution >= 4 is 44.7 Å². The van der Waals surface area contributed by atoms with E-state index in [0.29, 0.717) is 15.9 Å². The van der Waals surface area contributed by atoms with Gasteiger partial charge in [0.15, 0.2) is 7.05 Å². The van der Waals surface area contributed by atoms with Gasteiger partial charge in [-0.25, -0.2) is 9.78 Å². The molecule has 6 N–H and O–H groups in total.